The minimum Gasteiger partial charge on any atom is -0.383 e. The van der Waals surface area contributed by atoms with Gasteiger partial charge in [-0.3, -0.25) is 10.1 Å². The first-order valence-corrected chi connectivity index (χ1v) is 6.45. The minimum atomic E-state index is -0.419. The lowest BCUT2D eigenvalue weighted by molar-refractivity contribution is -0.384. The maximum Gasteiger partial charge on any atom is 0.269 e. The van der Waals surface area contributed by atoms with E-state index in [4.69, 9.17) is 5.73 Å². The van der Waals surface area contributed by atoms with Crippen LogP contribution in [0.2, 0.25) is 0 Å². The lowest BCUT2D eigenvalue weighted by Gasteiger charge is -2.14. The summed E-state index contributed by atoms with van der Waals surface area (Å²) in [6, 6.07) is 6.30. The van der Waals surface area contributed by atoms with Gasteiger partial charge in [0.15, 0.2) is 0 Å². The number of aromatic nitrogens is 2. The third-order valence-electron chi connectivity index (χ3n) is 3.00. The molecule has 0 spiro atoms. The van der Waals surface area contributed by atoms with Crippen molar-refractivity contribution in [1.82, 2.24) is 9.78 Å². The number of rotatable bonds is 3. The molecule has 0 radical (unpaired) electrons. The van der Waals surface area contributed by atoms with Crippen molar-refractivity contribution in [2.24, 2.45) is 0 Å². The second-order valence-electron chi connectivity index (χ2n) is 4.25. The first-order chi connectivity index (χ1) is 8.91. The van der Waals surface area contributed by atoms with Crippen molar-refractivity contribution in [3.8, 4) is 0 Å². The fourth-order valence-corrected chi connectivity index (χ4v) is 2.12. The van der Waals surface area contributed by atoms with Gasteiger partial charge in [-0.15, -0.1) is 0 Å². The van der Waals surface area contributed by atoms with Gasteiger partial charge in [0.25, 0.3) is 5.69 Å². The maximum absolute atomic E-state index is 10.6. The highest BCUT2D eigenvalue weighted by atomic mass is 79.9. The predicted molar refractivity (Wildman–Crippen MR) is 76.0 cm³/mol. The first-order valence-electron chi connectivity index (χ1n) is 5.66. The minimum absolute atomic E-state index is 0.0711. The zero-order valence-electron chi connectivity index (χ0n) is 10.5. The van der Waals surface area contributed by atoms with Gasteiger partial charge in [-0.25, -0.2) is 4.68 Å². The molecule has 100 valence electrons. The fraction of sp³-hybridized carbons (Fsp3) is 0.250. The van der Waals surface area contributed by atoms with E-state index in [-0.39, 0.29) is 11.7 Å². The molecule has 1 aromatic heterocycles. The van der Waals surface area contributed by atoms with E-state index in [1.54, 1.807) is 16.8 Å². The summed E-state index contributed by atoms with van der Waals surface area (Å²) < 4.78 is 2.47. The van der Waals surface area contributed by atoms with Crippen LogP contribution in [0.15, 0.2) is 28.7 Å². The smallest absolute Gasteiger partial charge is 0.269 e. The Kier molecular flexibility index (Phi) is 3.57. The Labute approximate surface area is 118 Å². The molecule has 0 bridgehead atoms. The van der Waals surface area contributed by atoms with E-state index in [1.807, 2.05) is 13.8 Å². The van der Waals surface area contributed by atoms with Crippen molar-refractivity contribution >= 4 is 27.4 Å². The van der Waals surface area contributed by atoms with Crippen molar-refractivity contribution in [3.05, 3.63) is 50.1 Å². The second kappa shape index (κ2) is 5.00. The highest BCUT2D eigenvalue weighted by Gasteiger charge is 2.17. The number of non-ortho nitro benzene ring substituents is 1. The number of anilines is 1. The van der Waals surface area contributed by atoms with E-state index >= 15 is 0 Å². The molecular formula is C12H13BrN4O2. The average Bonchev–Trinajstić information content (AvgIpc) is 2.66. The van der Waals surface area contributed by atoms with Gasteiger partial charge in [-0.1, -0.05) is 12.1 Å². The highest BCUT2D eigenvalue weighted by molar-refractivity contribution is 9.10. The van der Waals surface area contributed by atoms with Crippen molar-refractivity contribution in [1.29, 1.82) is 0 Å². The van der Waals surface area contributed by atoms with Crippen LogP contribution in [-0.2, 0) is 0 Å². The van der Waals surface area contributed by atoms with Crippen LogP contribution in [0.3, 0.4) is 0 Å². The molecule has 1 unspecified atom stereocenters. The molecule has 0 aliphatic carbocycles. The zero-order chi connectivity index (χ0) is 14.2. The molecule has 1 atom stereocenters. The summed E-state index contributed by atoms with van der Waals surface area (Å²) >= 11 is 3.37. The summed E-state index contributed by atoms with van der Waals surface area (Å²) in [4.78, 5) is 10.2. The molecule has 0 aliphatic heterocycles. The number of hydrogen-bond acceptors (Lipinski definition) is 4. The van der Waals surface area contributed by atoms with Crippen LogP contribution in [0, 0.1) is 17.0 Å². The van der Waals surface area contributed by atoms with Gasteiger partial charge in [0.2, 0.25) is 0 Å². The Bertz CT molecular complexity index is 621. The fourth-order valence-electron chi connectivity index (χ4n) is 1.86. The zero-order valence-corrected chi connectivity index (χ0v) is 12.1. The Balaban J connectivity index is 2.35. The summed E-state index contributed by atoms with van der Waals surface area (Å²) in [5.74, 6) is 0.545. The predicted octanol–water partition coefficient (Wildman–Crippen LogP) is 3.05. The third-order valence-corrected chi connectivity index (χ3v) is 3.98. The molecule has 0 fully saturated rings. The van der Waals surface area contributed by atoms with E-state index < -0.39 is 4.92 Å². The Hall–Kier alpha value is -1.89. The quantitative estimate of drug-likeness (QED) is 0.694. The molecule has 2 aromatic rings. The summed E-state index contributed by atoms with van der Waals surface area (Å²) in [6.45, 7) is 3.80. The van der Waals surface area contributed by atoms with Crippen molar-refractivity contribution in [2.75, 3.05) is 5.73 Å². The number of hydrogen-bond donors (Lipinski definition) is 1. The molecule has 1 heterocycles. The van der Waals surface area contributed by atoms with E-state index in [0.717, 1.165) is 15.7 Å². The number of nitrogens with two attached hydrogens (primary N) is 1. The highest BCUT2D eigenvalue weighted by Crippen LogP contribution is 2.29. The van der Waals surface area contributed by atoms with Gasteiger partial charge in [0.05, 0.1) is 21.1 Å². The topological polar surface area (TPSA) is 87.0 Å². The summed E-state index contributed by atoms with van der Waals surface area (Å²) in [7, 11) is 0. The van der Waals surface area contributed by atoms with Gasteiger partial charge in [-0.2, -0.15) is 5.10 Å². The first kappa shape index (κ1) is 13.5. The SMILES string of the molecule is Cc1nn(C(C)c2ccc([N+](=O)[O-])cc2)c(N)c1Br. The van der Waals surface area contributed by atoms with E-state index in [0.29, 0.717) is 5.82 Å². The van der Waals surface area contributed by atoms with Gasteiger partial charge < -0.3 is 5.73 Å². The maximum atomic E-state index is 10.6. The molecule has 19 heavy (non-hydrogen) atoms. The molecule has 1 aromatic carbocycles. The number of nitro groups is 1. The summed E-state index contributed by atoms with van der Waals surface area (Å²) in [6.07, 6.45) is 0. The second-order valence-corrected chi connectivity index (χ2v) is 5.05. The molecule has 2 N–H and O–H groups in total. The lowest BCUT2D eigenvalue weighted by atomic mass is 10.1. The largest absolute Gasteiger partial charge is 0.383 e. The van der Waals surface area contributed by atoms with Crippen molar-refractivity contribution < 1.29 is 4.92 Å². The van der Waals surface area contributed by atoms with Crippen LogP contribution < -0.4 is 5.73 Å². The monoisotopic (exact) mass is 324 g/mol. The standard InChI is InChI=1S/C12H13BrN4O2/c1-7-11(13)12(14)16(15-7)8(2)9-3-5-10(6-4-9)17(18)19/h3-6,8H,14H2,1-2H3. The molecule has 7 heteroatoms. The molecule has 2 rings (SSSR count). The van der Waals surface area contributed by atoms with Gasteiger partial charge in [-0.05, 0) is 35.3 Å². The molecular weight excluding hydrogens is 312 g/mol. The number of benzene rings is 1. The van der Waals surface area contributed by atoms with Gasteiger partial charge in [0.1, 0.15) is 5.82 Å². The number of halogens is 1. The van der Waals surface area contributed by atoms with Crippen LogP contribution in [0.4, 0.5) is 11.5 Å². The van der Waals surface area contributed by atoms with E-state index in [9.17, 15) is 10.1 Å². The van der Waals surface area contributed by atoms with Gasteiger partial charge >= 0.3 is 0 Å². The van der Waals surface area contributed by atoms with Crippen LogP contribution >= 0.6 is 15.9 Å². The summed E-state index contributed by atoms with van der Waals surface area (Å²) in [5.41, 5.74) is 7.76. The molecule has 0 aliphatic rings. The number of nitrogen functional groups attached to an aromatic ring is 1. The van der Waals surface area contributed by atoms with Crippen molar-refractivity contribution in [2.45, 2.75) is 19.9 Å². The van der Waals surface area contributed by atoms with Crippen molar-refractivity contribution in [3.63, 3.8) is 0 Å². The third kappa shape index (κ3) is 2.46. The molecule has 6 nitrogen and oxygen atoms in total. The Morgan fingerprint density at radius 1 is 1.42 bits per heavy atom. The van der Waals surface area contributed by atoms with Crippen LogP contribution in [0.25, 0.3) is 0 Å². The Morgan fingerprint density at radius 2 is 2.00 bits per heavy atom. The van der Waals surface area contributed by atoms with E-state index in [1.165, 1.54) is 12.1 Å². The normalized spacial score (nSPS) is 12.4. The average molecular weight is 325 g/mol. The number of nitrogens with zero attached hydrogens (tertiary/aromatic N) is 3. The Morgan fingerprint density at radius 3 is 2.42 bits per heavy atom. The molecule has 0 saturated heterocycles. The van der Waals surface area contributed by atoms with Gasteiger partial charge in [0, 0.05) is 12.1 Å². The lowest BCUT2D eigenvalue weighted by Crippen LogP contribution is -2.11. The molecule has 0 amide bonds. The van der Waals surface area contributed by atoms with Crippen LogP contribution in [0.1, 0.15) is 24.2 Å². The van der Waals surface area contributed by atoms with Crippen LogP contribution in [0.5, 0.6) is 0 Å². The van der Waals surface area contributed by atoms with Crippen LogP contribution in [-0.4, -0.2) is 14.7 Å². The van der Waals surface area contributed by atoms with E-state index in [2.05, 4.69) is 21.0 Å². The number of aryl methyl sites for hydroxylation is 1. The summed E-state index contributed by atoms with van der Waals surface area (Å²) in [5, 5.41) is 15.0. The molecule has 0 saturated carbocycles. The number of nitro benzene ring substituents is 1.